The average molecular weight is 323 g/mol. The molecule has 0 heterocycles. The van der Waals surface area contributed by atoms with E-state index in [2.05, 4.69) is 15.9 Å². The molecule has 0 saturated heterocycles. The number of benzene rings is 1. The van der Waals surface area contributed by atoms with Gasteiger partial charge < -0.3 is 4.74 Å². The molecule has 0 aliphatic rings. The fraction of sp³-hybridized carbons (Fsp3) is 0.250. The van der Waals surface area contributed by atoms with Gasteiger partial charge in [-0.25, -0.2) is 0 Å². The van der Waals surface area contributed by atoms with E-state index < -0.39 is 17.5 Å². The molecule has 0 N–H and O–H groups in total. The van der Waals surface area contributed by atoms with Gasteiger partial charge in [0.05, 0.1) is 7.11 Å². The van der Waals surface area contributed by atoms with Crippen LogP contribution in [-0.2, 0) is 9.53 Å². The number of allylic oxidation sites excluding steroid dienone is 1. The molecule has 1 rings (SSSR count). The summed E-state index contributed by atoms with van der Waals surface area (Å²) < 4.78 is 42.7. The number of carbonyl (C=O) groups excluding carboxylic acids is 1. The number of halogens is 4. The maximum absolute atomic E-state index is 12.3. The van der Waals surface area contributed by atoms with E-state index >= 15 is 0 Å². The first kappa shape index (κ1) is 14.8. The fourth-order valence-corrected chi connectivity index (χ4v) is 1.67. The molecule has 0 amide bonds. The highest BCUT2D eigenvalue weighted by atomic mass is 79.9. The molecule has 1 aromatic carbocycles. The van der Waals surface area contributed by atoms with Gasteiger partial charge in [0.1, 0.15) is 5.76 Å². The summed E-state index contributed by atoms with van der Waals surface area (Å²) in [6.45, 7) is 1.09. The molecule has 6 heteroatoms. The van der Waals surface area contributed by atoms with Crippen LogP contribution < -0.4 is 0 Å². The quantitative estimate of drug-likeness (QED) is 0.622. The zero-order valence-electron chi connectivity index (χ0n) is 9.64. The van der Waals surface area contributed by atoms with Gasteiger partial charge in [-0.1, -0.05) is 28.1 Å². The Balaban J connectivity index is 3.23. The van der Waals surface area contributed by atoms with Crippen molar-refractivity contribution in [3.63, 3.8) is 0 Å². The Hall–Kier alpha value is -1.30. The monoisotopic (exact) mass is 322 g/mol. The lowest BCUT2D eigenvalue weighted by molar-refractivity contribution is -0.166. The molecule has 2 nitrogen and oxygen atoms in total. The molecule has 98 valence electrons. The fourth-order valence-electron chi connectivity index (χ4n) is 1.40. The second-order valence-corrected chi connectivity index (χ2v) is 4.41. The van der Waals surface area contributed by atoms with Crippen LogP contribution in [-0.4, -0.2) is 19.1 Å². The van der Waals surface area contributed by atoms with E-state index in [0.29, 0.717) is 5.56 Å². The molecule has 0 aromatic heterocycles. The van der Waals surface area contributed by atoms with Gasteiger partial charge in [0.15, 0.2) is 0 Å². The Bertz CT molecular complexity index is 475. The smallest absolute Gasteiger partial charge is 0.454 e. The van der Waals surface area contributed by atoms with Gasteiger partial charge in [-0.2, -0.15) is 13.2 Å². The van der Waals surface area contributed by atoms with Crippen LogP contribution >= 0.6 is 15.9 Å². The van der Waals surface area contributed by atoms with Crippen LogP contribution in [0.15, 0.2) is 34.3 Å². The molecule has 18 heavy (non-hydrogen) atoms. The average Bonchev–Trinajstić information content (AvgIpc) is 2.30. The molecule has 0 atom stereocenters. The Labute approximate surface area is 111 Å². The highest BCUT2D eigenvalue weighted by Gasteiger charge is 2.40. The van der Waals surface area contributed by atoms with Crippen molar-refractivity contribution in [3.8, 4) is 0 Å². The summed E-state index contributed by atoms with van der Waals surface area (Å²) in [5.74, 6) is -1.98. The lowest BCUT2D eigenvalue weighted by Crippen LogP contribution is -2.24. The molecular formula is C12H10BrF3O2. The number of Topliss-reactive ketones (excluding diaryl/α,β-unsaturated/α-hetero) is 1. The van der Waals surface area contributed by atoms with Crippen LogP contribution in [0.1, 0.15) is 12.5 Å². The van der Waals surface area contributed by atoms with Gasteiger partial charge in [0.25, 0.3) is 5.78 Å². The summed E-state index contributed by atoms with van der Waals surface area (Å²) in [6, 6.07) is 6.44. The Morgan fingerprint density at radius 2 is 1.72 bits per heavy atom. The van der Waals surface area contributed by atoms with E-state index in [1.165, 1.54) is 7.11 Å². The molecule has 0 spiro atoms. The molecular weight excluding hydrogens is 313 g/mol. The number of ether oxygens (including phenoxy) is 1. The molecule has 0 radical (unpaired) electrons. The van der Waals surface area contributed by atoms with Gasteiger partial charge in [-0.05, 0) is 19.1 Å². The minimum atomic E-state index is -4.90. The Morgan fingerprint density at radius 1 is 1.22 bits per heavy atom. The second kappa shape index (κ2) is 5.56. The normalized spacial score (nSPS) is 13.0. The van der Waals surface area contributed by atoms with E-state index in [-0.39, 0.29) is 5.76 Å². The zero-order valence-corrected chi connectivity index (χ0v) is 11.2. The van der Waals surface area contributed by atoms with Crippen molar-refractivity contribution < 1.29 is 22.7 Å². The highest BCUT2D eigenvalue weighted by Crippen LogP contribution is 2.27. The van der Waals surface area contributed by atoms with Crippen molar-refractivity contribution >= 4 is 27.5 Å². The minimum Gasteiger partial charge on any atom is -0.496 e. The number of hydrogen-bond donors (Lipinski definition) is 0. The molecule has 0 fully saturated rings. The zero-order chi connectivity index (χ0) is 13.9. The number of methoxy groups -OCH3 is 1. The van der Waals surface area contributed by atoms with Crippen molar-refractivity contribution in [3.05, 3.63) is 39.9 Å². The Kier molecular flexibility index (Phi) is 4.56. The van der Waals surface area contributed by atoms with Gasteiger partial charge in [0, 0.05) is 15.6 Å². The van der Waals surface area contributed by atoms with Crippen LogP contribution in [0.2, 0.25) is 0 Å². The number of rotatable bonds is 3. The van der Waals surface area contributed by atoms with Crippen LogP contribution in [0.25, 0.3) is 5.76 Å². The van der Waals surface area contributed by atoms with Gasteiger partial charge in [-0.15, -0.1) is 0 Å². The van der Waals surface area contributed by atoms with Crippen molar-refractivity contribution in [1.82, 2.24) is 0 Å². The molecule has 0 saturated carbocycles. The van der Waals surface area contributed by atoms with Gasteiger partial charge in [-0.3, -0.25) is 4.79 Å². The van der Waals surface area contributed by atoms with Crippen molar-refractivity contribution in [2.75, 3.05) is 7.11 Å². The second-order valence-electron chi connectivity index (χ2n) is 3.49. The van der Waals surface area contributed by atoms with E-state index in [1.54, 1.807) is 24.3 Å². The van der Waals surface area contributed by atoms with Crippen LogP contribution in [0.3, 0.4) is 0 Å². The summed E-state index contributed by atoms with van der Waals surface area (Å²) in [4.78, 5) is 11.1. The van der Waals surface area contributed by atoms with Gasteiger partial charge in [0.2, 0.25) is 0 Å². The predicted octanol–water partition coefficient (Wildman–Crippen LogP) is 3.96. The van der Waals surface area contributed by atoms with Crippen LogP contribution in [0.5, 0.6) is 0 Å². The molecule has 0 bridgehead atoms. The van der Waals surface area contributed by atoms with Crippen LogP contribution in [0.4, 0.5) is 13.2 Å². The molecule has 0 aliphatic heterocycles. The molecule has 0 aliphatic carbocycles. The minimum absolute atomic E-state index is 0.0789. The Morgan fingerprint density at radius 3 is 2.11 bits per heavy atom. The maximum atomic E-state index is 12.3. The topological polar surface area (TPSA) is 26.3 Å². The van der Waals surface area contributed by atoms with Crippen molar-refractivity contribution in [2.45, 2.75) is 13.1 Å². The maximum Gasteiger partial charge on any atom is 0.454 e. The lowest BCUT2D eigenvalue weighted by Gasteiger charge is -2.12. The third-order valence-corrected chi connectivity index (χ3v) is 2.78. The summed E-state index contributed by atoms with van der Waals surface area (Å²) in [7, 11) is 1.23. The molecule has 1 aromatic rings. The first-order chi connectivity index (χ1) is 8.27. The third kappa shape index (κ3) is 3.35. The van der Waals surface area contributed by atoms with E-state index in [4.69, 9.17) is 4.74 Å². The highest BCUT2D eigenvalue weighted by molar-refractivity contribution is 9.10. The summed E-state index contributed by atoms with van der Waals surface area (Å²) in [5.41, 5.74) is -0.0527. The number of carbonyl (C=O) groups is 1. The van der Waals surface area contributed by atoms with Crippen molar-refractivity contribution in [2.24, 2.45) is 0 Å². The standard InChI is InChI=1S/C12H10BrF3O2/c1-7(11(17)12(14,15)16)10(18-2)8-3-5-9(13)6-4-8/h3-6H,1-2H3/b10-7-. The van der Waals surface area contributed by atoms with Crippen LogP contribution in [0, 0.1) is 0 Å². The van der Waals surface area contributed by atoms with E-state index in [1.807, 2.05) is 0 Å². The van der Waals surface area contributed by atoms with E-state index in [9.17, 15) is 18.0 Å². The number of ketones is 1. The number of hydrogen-bond acceptors (Lipinski definition) is 2. The molecule has 0 unspecified atom stereocenters. The summed E-state index contributed by atoms with van der Waals surface area (Å²) >= 11 is 3.21. The SMILES string of the molecule is CO/C(=C(/C)C(=O)C(F)(F)F)c1ccc(Br)cc1. The number of alkyl halides is 3. The van der Waals surface area contributed by atoms with Crippen molar-refractivity contribution in [1.29, 1.82) is 0 Å². The first-order valence-electron chi connectivity index (χ1n) is 4.89. The van der Waals surface area contributed by atoms with E-state index in [0.717, 1.165) is 11.4 Å². The largest absolute Gasteiger partial charge is 0.496 e. The lowest BCUT2D eigenvalue weighted by atomic mass is 10.1. The third-order valence-electron chi connectivity index (χ3n) is 2.25. The first-order valence-corrected chi connectivity index (χ1v) is 5.69. The predicted molar refractivity (Wildman–Crippen MR) is 64.8 cm³/mol. The summed E-state index contributed by atoms with van der Waals surface area (Å²) in [5, 5.41) is 0. The van der Waals surface area contributed by atoms with Gasteiger partial charge >= 0.3 is 6.18 Å². The summed E-state index contributed by atoms with van der Waals surface area (Å²) in [6.07, 6.45) is -4.90.